The molecule has 0 spiro atoms. The quantitative estimate of drug-likeness (QED) is 0.875. The van der Waals surface area contributed by atoms with Gasteiger partial charge in [0.1, 0.15) is 11.5 Å². The number of phenolic OH excluding ortho intramolecular Hbond substituents is 1. The Hall–Kier alpha value is -2.29. The van der Waals surface area contributed by atoms with Crippen molar-refractivity contribution >= 4 is 5.71 Å². The smallest absolute Gasteiger partial charge is 0.119 e. The van der Waals surface area contributed by atoms with Gasteiger partial charge in [-0.1, -0.05) is 18.2 Å². The molecule has 1 aliphatic carbocycles. The van der Waals surface area contributed by atoms with E-state index in [0.717, 1.165) is 29.9 Å². The number of hydrogen-bond donors (Lipinski definition) is 2. The zero-order valence-corrected chi connectivity index (χ0v) is 11.4. The third-order valence-electron chi connectivity index (χ3n) is 3.90. The molecule has 20 heavy (non-hydrogen) atoms. The summed E-state index contributed by atoms with van der Waals surface area (Å²) < 4.78 is 5.28. The van der Waals surface area contributed by atoms with Crippen LogP contribution in [0.5, 0.6) is 11.5 Å². The van der Waals surface area contributed by atoms with Crippen LogP contribution >= 0.6 is 0 Å². The van der Waals surface area contributed by atoms with E-state index in [4.69, 9.17) is 10.1 Å². The van der Waals surface area contributed by atoms with Gasteiger partial charge in [-0.2, -0.15) is 0 Å². The van der Waals surface area contributed by atoms with Gasteiger partial charge in [0.25, 0.3) is 0 Å². The molecule has 0 aliphatic heterocycles. The van der Waals surface area contributed by atoms with Crippen molar-refractivity contribution in [2.75, 3.05) is 7.11 Å². The first-order chi connectivity index (χ1) is 9.69. The third-order valence-corrected chi connectivity index (χ3v) is 3.90. The van der Waals surface area contributed by atoms with E-state index < -0.39 is 0 Å². The monoisotopic (exact) mass is 267 g/mol. The molecule has 1 unspecified atom stereocenters. The van der Waals surface area contributed by atoms with Crippen molar-refractivity contribution in [3.8, 4) is 11.5 Å². The highest BCUT2D eigenvalue weighted by Gasteiger charge is 2.26. The van der Waals surface area contributed by atoms with E-state index in [-0.39, 0.29) is 11.7 Å². The predicted molar refractivity (Wildman–Crippen MR) is 79.0 cm³/mol. The van der Waals surface area contributed by atoms with Crippen LogP contribution in [0.3, 0.4) is 0 Å². The third kappa shape index (κ3) is 2.16. The lowest BCUT2D eigenvalue weighted by Crippen LogP contribution is -2.20. The molecule has 0 saturated carbocycles. The maximum Gasteiger partial charge on any atom is 0.119 e. The van der Waals surface area contributed by atoms with Crippen LogP contribution in [0.1, 0.15) is 29.0 Å². The van der Waals surface area contributed by atoms with Gasteiger partial charge in [-0.25, -0.2) is 0 Å². The average molecular weight is 267 g/mol. The number of methoxy groups -OCH3 is 1. The van der Waals surface area contributed by atoms with E-state index in [1.54, 1.807) is 19.2 Å². The molecular formula is C17H17NO2. The zero-order valence-electron chi connectivity index (χ0n) is 11.4. The van der Waals surface area contributed by atoms with Crippen LogP contribution in [0.25, 0.3) is 0 Å². The summed E-state index contributed by atoms with van der Waals surface area (Å²) in [5.41, 5.74) is 4.21. The molecular weight excluding hydrogens is 250 g/mol. The van der Waals surface area contributed by atoms with Crippen molar-refractivity contribution < 1.29 is 9.84 Å². The first-order valence-corrected chi connectivity index (χ1v) is 6.72. The molecule has 3 rings (SSSR count). The summed E-state index contributed by atoms with van der Waals surface area (Å²) in [7, 11) is 1.67. The van der Waals surface area contributed by atoms with E-state index in [0.29, 0.717) is 0 Å². The second kappa shape index (κ2) is 5.00. The van der Waals surface area contributed by atoms with Gasteiger partial charge < -0.3 is 15.3 Å². The van der Waals surface area contributed by atoms with Gasteiger partial charge in [0.05, 0.1) is 7.11 Å². The van der Waals surface area contributed by atoms with Gasteiger partial charge >= 0.3 is 0 Å². The van der Waals surface area contributed by atoms with Crippen molar-refractivity contribution in [2.24, 2.45) is 0 Å². The summed E-state index contributed by atoms with van der Waals surface area (Å²) in [6.45, 7) is 0. The van der Waals surface area contributed by atoms with Crippen molar-refractivity contribution in [3.05, 3.63) is 59.2 Å². The van der Waals surface area contributed by atoms with E-state index in [1.807, 2.05) is 18.2 Å². The summed E-state index contributed by atoms with van der Waals surface area (Å²) in [4.78, 5) is 0. The average Bonchev–Trinajstić information content (AvgIpc) is 2.48. The van der Waals surface area contributed by atoms with Gasteiger partial charge in [0, 0.05) is 11.6 Å². The second-order valence-corrected chi connectivity index (χ2v) is 5.11. The molecule has 2 aromatic rings. The number of nitrogens with one attached hydrogen (secondary N) is 1. The Labute approximate surface area is 118 Å². The molecule has 3 heteroatoms. The zero-order chi connectivity index (χ0) is 14.1. The minimum Gasteiger partial charge on any atom is -0.508 e. The van der Waals surface area contributed by atoms with Gasteiger partial charge in [0.15, 0.2) is 0 Å². The number of hydrogen-bond acceptors (Lipinski definition) is 3. The second-order valence-electron chi connectivity index (χ2n) is 5.11. The molecule has 0 bridgehead atoms. The van der Waals surface area contributed by atoms with Gasteiger partial charge in [-0.15, -0.1) is 0 Å². The molecule has 2 aromatic carbocycles. The fourth-order valence-electron chi connectivity index (χ4n) is 2.86. The molecule has 102 valence electrons. The van der Waals surface area contributed by atoms with Gasteiger partial charge in [-0.05, 0) is 53.8 Å². The van der Waals surface area contributed by atoms with Crippen LogP contribution in [-0.2, 0) is 6.42 Å². The molecule has 0 amide bonds. The summed E-state index contributed by atoms with van der Waals surface area (Å²) in [5, 5.41) is 17.7. The van der Waals surface area contributed by atoms with Crippen LogP contribution in [0.15, 0.2) is 42.5 Å². The lowest BCUT2D eigenvalue weighted by Gasteiger charge is -2.27. The lowest BCUT2D eigenvalue weighted by atomic mass is 9.77. The Bertz CT molecular complexity index is 647. The van der Waals surface area contributed by atoms with Crippen LogP contribution in [0, 0.1) is 5.41 Å². The van der Waals surface area contributed by atoms with Crippen LogP contribution in [-0.4, -0.2) is 17.9 Å². The number of ether oxygens (including phenoxy) is 1. The summed E-state index contributed by atoms with van der Waals surface area (Å²) >= 11 is 0. The maximum absolute atomic E-state index is 9.41. The molecule has 1 aliphatic rings. The number of rotatable bonds is 2. The van der Waals surface area contributed by atoms with Crippen molar-refractivity contribution in [3.63, 3.8) is 0 Å². The number of fused-ring (bicyclic) bond motifs is 1. The minimum atomic E-state index is -0.00902. The SMILES string of the molecule is COc1ccc2c(c1)CCC(=N)C2c1ccc(O)cc1. The molecule has 0 radical (unpaired) electrons. The van der Waals surface area contributed by atoms with Crippen molar-refractivity contribution in [1.29, 1.82) is 5.41 Å². The molecule has 2 N–H and O–H groups in total. The highest BCUT2D eigenvalue weighted by molar-refractivity contribution is 5.93. The van der Waals surface area contributed by atoms with E-state index >= 15 is 0 Å². The van der Waals surface area contributed by atoms with Crippen LogP contribution < -0.4 is 4.74 Å². The van der Waals surface area contributed by atoms with E-state index in [9.17, 15) is 5.11 Å². The molecule has 0 aromatic heterocycles. The Morgan fingerprint density at radius 1 is 1.10 bits per heavy atom. The van der Waals surface area contributed by atoms with Gasteiger partial charge in [-0.3, -0.25) is 0 Å². The number of aryl methyl sites for hydroxylation is 1. The first-order valence-electron chi connectivity index (χ1n) is 6.72. The first kappa shape index (κ1) is 12.7. The van der Waals surface area contributed by atoms with Crippen molar-refractivity contribution in [1.82, 2.24) is 0 Å². The fraction of sp³-hybridized carbons (Fsp3) is 0.235. The maximum atomic E-state index is 9.41. The van der Waals surface area contributed by atoms with Crippen LogP contribution in [0.4, 0.5) is 0 Å². The Morgan fingerprint density at radius 3 is 2.55 bits per heavy atom. The normalized spacial score (nSPS) is 17.6. The van der Waals surface area contributed by atoms with Crippen molar-refractivity contribution in [2.45, 2.75) is 18.8 Å². The highest BCUT2D eigenvalue weighted by Crippen LogP contribution is 2.36. The van der Waals surface area contributed by atoms with Crippen LogP contribution in [0.2, 0.25) is 0 Å². The lowest BCUT2D eigenvalue weighted by molar-refractivity contribution is 0.414. The number of phenols is 1. The highest BCUT2D eigenvalue weighted by atomic mass is 16.5. The standard InChI is InChI=1S/C17H17NO2/c1-20-14-7-8-15-12(10-14)4-9-16(18)17(15)11-2-5-13(19)6-3-11/h2-3,5-8,10,17-19H,4,9H2,1H3. The minimum absolute atomic E-state index is 0.00902. The molecule has 3 nitrogen and oxygen atoms in total. The Kier molecular flexibility index (Phi) is 3.18. The number of benzene rings is 2. The molecule has 0 heterocycles. The van der Waals surface area contributed by atoms with E-state index in [2.05, 4.69) is 12.1 Å². The number of aromatic hydroxyl groups is 1. The van der Waals surface area contributed by atoms with E-state index in [1.165, 1.54) is 11.1 Å². The largest absolute Gasteiger partial charge is 0.508 e. The van der Waals surface area contributed by atoms with Gasteiger partial charge in [0.2, 0.25) is 0 Å². The summed E-state index contributed by atoms with van der Waals surface area (Å²) in [5.74, 6) is 1.11. The molecule has 0 saturated heterocycles. The Balaban J connectivity index is 2.07. The fourth-order valence-corrected chi connectivity index (χ4v) is 2.86. The summed E-state index contributed by atoms with van der Waals surface area (Å²) in [6.07, 6.45) is 1.66. The molecule has 1 atom stereocenters. The predicted octanol–water partition coefficient (Wildman–Crippen LogP) is 3.50. The topological polar surface area (TPSA) is 53.3 Å². The molecule has 0 fully saturated rings. The summed E-state index contributed by atoms with van der Waals surface area (Å²) in [6, 6.07) is 13.2. The Morgan fingerprint density at radius 2 is 1.85 bits per heavy atom.